The molecule has 0 spiro atoms. The van der Waals surface area contributed by atoms with Gasteiger partial charge in [0.2, 0.25) is 21.8 Å². The fraction of sp³-hybridized carbons (Fsp3) is 0.435. The number of rotatable bonds is 6. The highest BCUT2D eigenvalue weighted by atomic mass is 32.2. The Labute approximate surface area is 207 Å². The molecular weight excluding hydrogens is 494 g/mol. The zero-order chi connectivity index (χ0) is 25.3. The van der Waals surface area contributed by atoms with E-state index in [0.29, 0.717) is 43.1 Å². The molecule has 2 aliphatic heterocycles. The smallest absolute Gasteiger partial charge is 0.341 e. The van der Waals surface area contributed by atoms with E-state index in [1.807, 2.05) is 0 Å². The molecule has 12 heteroatoms. The molecular formula is C23H27N3O7S2. The number of carbonyl (C=O) groups is 3. The molecule has 2 amide bonds. The van der Waals surface area contributed by atoms with Crippen LogP contribution in [0.15, 0.2) is 29.2 Å². The van der Waals surface area contributed by atoms with Crippen molar-refractivity contribution in [1.82, 2.24) is 9.21 Å². The zero-order valence-electron chi connectivity index (χ0n) is 19.7. The number of anilines is 1. The Morgan fingerprint density at radius 3 is 2.46 bits per heavy atom. The van der Waals surface area contributed by atoms with Gasteiger partial charge >= 0.3 is 5.97 Å². The van der Waals surface area contributed by atoms with E-state index in [4.69, 9.17) is 9.47 Å². The van der Waals surface area contributed by atoms with Crippen molar-refractivity contribution in [1.29, 1.82) is 0 Å². The van der Waals surface area contributed by atoms with E-state index < -0.39 is 27.9 Å². The zero-order valence-corrected chi connectivity index (χ0v) is 21.3. The highest BCUT2D eigenvalue weighted by Crippen LogP contribution is 2.38. The molecule has 188 valence electrons. The first-order valence-electron chi connectivity index (χ1n) is 11.1. The molecule has 1 aromatic carbocycles. The van der Waals surface area contributed by atoms with E-state index in [2.05, 4.69) is 5.32 Å². The summed E-state index contributed by atoms with van der Waals surface area (Å²) in [6.07, 6.45) is 1.36. The van der Waals surface area contributed by atoms with E-state index >= 15 is 0 Å². The van der Waals surface area contributed by atoms with Crippen LogP contribution in [0.4, 0.5) is 5.00 Å². The highest BCUT2D eigenvalue weighted by Gasteiger charge is 2.40. The fourth-order valence-electron chi connectivity index (χ4n) is 4.45. The third kappa shape index (κ3) is 4.78. The molecule has 3 heterocycles. The summed E-state index contributed by atoms with van der Waals surface area (Å²) in [4.78, 5) is 40.3. The van der Waals surface area contributed by atoms with Gasteiger partial charge in [-0.3, -0.25) is 9.59 Å². The number of esters is 1. The van der Waals surface area contributed by atoms with E-state index in [1.54, 1.807) is 17.0 Å². The van der Waals surface area contributed by atoms with E-state index in [0.717, 1.165) is 10.4 Å². The summed E-state index contributed by atoms with van der Waals surface area (Å²) < 4.78 is 37.8. The minimum Gasteiger partial charge on any atom is -0.497 e. The van der Waals surface area contributed by atoms with Crippen molar-refractivity contribution >= 4 is 44.1 Å². The number of nitrogens with zero attached hydrogens (tertiary/aromatic N) is 2. The average molecular weight is 522 g/mol. The van der Waals surface area contributed by atoms with Gasteiger partial charge in [-0.1, -0.05) is 0 Å². The Bertz CT molecular complexity index is 1250. The minimum atomic E-state index is -3.92. The monoisotopic (exact) mass is 521 g/mol. The molecule has 1 N–H and O–H groups in total. The first-order chi connectivity index (χ1) is 16.7. The van der Waals surface area contributed by atoms with Gasteiger partial charge in [-0.15, -0.1) is 11.3 Å². The fourth-order valence-corrected chi connectivity index (χ4v) is 7.36. The van der Waals surface area contributed by atoms with Gasteiger partial charge in [0.15, 0.2) is 0 Å². The largest absolute Gasteiger partial charge is 0.497 e. The number of hydrogen-bond donors (Lipinski definition) is 1. The van der Waals surface area contributed by atoms with Crippen molar-refractivity contribution < 1.29 is 32.3 Å². The average Bonchev–Trinajstić information content (AvgIpc) is 3.48. The lowest BCUT2D eigenvalue weighted by Gasteiger charge is -2.25. The van der Waals surface area contributed by atoms with Crippen molar-refractivity contribution in [2.75, 3.05) is 32.6 Å². The van der Waals surface area contributed by atoms with Crippen LogP contribution in [0, 0.1) is 0 Å². The molecule has 1 fully saturated rings. The van der Waals surface area contributed by atoms with Gasteiger partial charge in [0.1, 0.15) is 16.8 Å². The number of methoxy groups -OCH3 is 2. The second-order valence-electron chi connectivity index (χ2n) is 8.33. The van der Waals surface area contributed by atoms with E-state index in [1.165, 1.54) is 48.9 Å². The molecule has 0 saturated carbocycles. The van der Waals surface area contributed by atoms with Crippen LogP contribution in [0.5, 0.6) is 5.75 Å². The van der Waals surface area contributed by atoms with Gasteiger partial charge < -0.3 is 19.7 Å². The van der Waals surface area contributed by atoms with Crippen LogP contribution in [0.1, 0.15) is 40.6 Å². The lowest BCUT2D eigenvalue weighted by atomic mass is 10.0. The number of hydrogen-bond acceptors (Lipinski definition) is 8. The molecule has 2 aliphatic rings. The quantitative estimate of drug-likeness (QED) is 0.579. The topological polar surface area (TPSA) is 122 Å². The standard InChI is InChI=1S/C23H27N3O7S2/c1-14(27)25-12-10-17-19(13-25)34-22(20(17)23(29)33-3)24-21(28)18-5-4-11-26(18)35(30,31)16-8-6-15(32-2)7-9-16/h6-9,18H,4-5,10-13H2,1-3H3,(H,24,28). The van der Waals surface area contributed by atoms with Crippen LogP contribution in [0.3, 0.4) is 0 Å². The van der Waals surface area contributed by atoms with Gasteiger partial charge in [-0.25, -0.2) is 13.2 Å². The molecule has 10 nitrogen and oxygen atoms in total. The molecule has 1 atom stereocenters. The maximum Gasteiger partial charge on any atom is 0.341 e. The van der Waals surface area contributed by atoms with Gasteiger partial charge in [-0.2, -0.15) is 4.31 Å². The molecule has 35 heavy (non-hydrogen) atoms. The summed E-state index contributed by atoms with van der Waals surface area (Å²) in [5.41, 5.74) is 1.02. The van der Waals surface area contributed by atoms with Gasteiger partial charge in [-0.05, 0) is 49.1 Å². The number of sulfonamides is 1. The normalized spacial score (nSPS) is 18.1. The number of carbonyl (C=O) groups excluding carboxylic acids is 3. The summed E-state index contributed by atoms with van der Waals surface area (Å²) in [7, 11) is -1.16. The highest BCUT2D eigenvalue weighted by molar-refractivity contribution is 7.89. The number of ether oxygens (including phenoxy) is 2. The number of benzene rings is 1. The maximum atomic E-state index is 13.3. The second kappa shape index (κ2) is 9.96. The van der Waals surface area contributed by atoms with Crippen LogP contribution in [0.2, 0.25) is 0 Å². The predicted molar refractivity (Wildman–Crippen MR) is 129 cm³/mol. The van der Waals surface area contributed by atoms with Gasteiger partial charge in [0, 0.05) is 24.9 Å². The summed E-state index contributed by atoms with van der Waals surface area (Å²) in [5, 5.41) is 3.10. The molecule has 0 radical (unpaired) electrons. The summed E-state index contributed by atoms with van der Waals surface area (Å²) >= 11 is 1.21. The summed E-state index contributed by atoms with van der Waals surface area (Å²) in [6.45, 7) is 2.51. The molecule has 2 aromatic rings. The Kier molecular flexibility index (Phi) is 7.15. The van der Waals surface area contributed by atoms with Crippen LogP contribution >= 0.6 is 11.3 Å². The van der Waals surface area contributed by atoms with E-state index in [9.17, 15) is 22.8 Å². The van der Waals surface area contributed by atoms with E-state index in [-0.39, 0.29) is 22.9 Å². The summed E-state index contributed by atoms with van der Waals surface area (Å²) in [5.74, 6) is -0.630. The van der Waals surface area contributed by atoms with Crippen molar-refractivity contribution in [2.45, 2.75) is 43.7 Å². The Morgan fingerprint density at radius 1 is 1.11 bits per heavy atom. The number of thiophene rings is 1. The minimum absolute atomic E-state index is 0.0698. The van der Waals surface area contributed by atoms with Crippen molar-refractivity contribution in [3.05, 3.63) is 40.3 Å². The molecule has 1 aromatic heterocycles. The van der Waals surface area contributed by atoms with Crippen molar-refractivity contribution in [2.24, 2.45) is 0 Å². The van der Waals surface area contributed by atoms with Gasteiger partial charge in [0.25, 0.3) is 0 Å². The number of nitrogens with one attached hydrogen (secondary N) is 1. The van der Waals surface area contributed by atoms with Gasteiger partial charge in [0.05, 0.1) is 31.2 Å². The Morgan fingerprint density at radius 2 is 1.83 bits per heavy atom. The van der Waals surface area contributed by atoms with Crippen molar-refractivity contribution in [3.63, 3.8) is 0 Å². The lowest BCUT2D eigenvalue weighted by Crippen LogP contribution is -2.43. The predicted octanol–water partition coefficient (Wildman–Crippen LogP) is 2.24. The molecule has 0 bridgehead atoms. The third-order valence-electron chi connectivity index (χ3n) is 6.30. The summed E-state index contributed by atoms with van der Waals surface area (Å²) in [6, 6.07) is 5.10. The molecule has 4 rings (SSSR count). The first kappa shape index (κ1) is 25.1. The van der Waals surface area contributed by atoms with Crippen LogP contribution in [0.25, 0.3) is 0 Å². The molecule has 0 aliphatic carbocycles. The second-order valence-corrected chi connectivity index (χ2v) is 11.3. The SMILES string of the molecule is COC(=O)c1c(NC(=O)C2CCCN2S(=O)(=O)c2ccc(OC)cc2)sc2c1CCN(C(C)=O)C2. The van der Waals surface area contributed by atoms with Crippen LogP contribution in [-0.4, -0.2) is 68.8 Å². The molecule has 1 saturated heterocycles. The number of fused-ring (bicyclic) bond motifs is 1. The Hall–Kier alpha value is -2.96. The first-order valence-corrected chi connectivity index (χ1v) is 13.4. The Balaban J connectivity index is 1.60. The number of amides is 2. The van der Waals surface area contributed by atoms with Crippen LogP contribution < -0.4 is 10.1 Å². The maximum absolute atomic E-state index is 13.3. The molecule has 1 unspecified atom stereocenters. The lowest BCUT2D eigenvalue weighted by molar-refractivity contribution is -0.129. The van der Waals surface area contributed by atoms with Crippen molar-refractivity contribution in [3.8, 4) is 5.75 Å². The third-order valence-corrected chi connectivity index (χ3v) is 9.36. The van der Waals surface area contributed by atoms with Crippen LogP contribution in [-0.2, 0) is 37.3 Å².